The zero-order valence-corrected chi connectivity index (χ0v) is 15.8. The molecule has 1 aliphatic carbocycles. The Morgan fingerprint density at radius 1 is 1.28 bits per heavy atom. The van der Waals surface area contributed by atoms with E-state index in [0.717, 1.165) is 31.4 Å². The fourth-order valence-corrected chi connectivity index (χ4v) is 3.32. The third-order valence-electron chi connectivity index (χ3n) is 4.32. The highest BCUT2D eigenvalue weighted by Gasteiger charge is 2.30. The number of nitrogens with one attached hydrogen (secondary N) is 1. The monoisotopic (exact) mass is 365 g/mol. The molecule has 0 unspecified atom stereocenters. The molecule has 1 fully saturated rings. The molecule has 0 radical (unpaired) electrons. The van der Waals surface area contributed by atoms with Crippen LogP contribution in [0.25, 0.3) is 5.65 Å². The molecule has 0 spiro atoms. The first-order valence-corrected chi connectivity index (χ1v) is 8.99. The van der Waals surface area contributed by atoms with E-state index < -0.39 is 5.60 Å². The fraction of sp³-hybridized carbons (Fsp3) is 0.647. The average molecular weight is 366 g/mol. The van der Waals surface area contributed by atoms with Crippen LogP contribution in [0, 0.1) is 12.8 Å². The Morgan fingerprint density at radius 3 is 2.60 bits per heavy atom. The number of fused-ring (bicyclic) bond motifs is 1. The summed E-state index contributed by atoms with van der Waals surface area (Å²) >= 11 is 6.11. The van der Waals surface area contributed by atoms with Gasteiger partial charge in [0.25, 0.3) is 0 Å². The van der Waals surface area contributed by atoms with Gasteiger partial charge in [-0.05, 0) is 53.4 Å². The summed E-state index contributed by atoms with van der Waals surface area (Å²) in [6.07, 6.45) is 3.41. The highest BCUT2D eigenvalue weighted by atomic mass is 35.5. The number of esters is 1. The standard InChI is InChI=1S/C17H24ClN5O2/c1-10-20-21-15-13(9-14(18)22-23(10)15)19-12-7-5-11(6-8-12)16(24)25-17(2,3)4/h9,11-12,19H,5-8H2,1-4H3. The molecule has 2 aromatic heterocycles. The molecular weight excluding hydrogens is 342 g/mol. The smallest absolute Gasteiger partial charge is 0.309 e. The number of ether oxygens (including phenoxy) is 1. The van der Waals surface area contributed by atoms with E-state index in [1.54, 1.807) is 10.6 Å². The Bertz CT molecular complexity index is 775. The molecule has 2 aromatic rings. The van der Waals surface area contributed by atoms with Crippen molar-refractivity contribution in [2.75, 3.05) is 5.32 Å². The van der Waals surface area contributed by atoms with Crippen LogP contribution < -0.4 is 5.32 Å². The molecule has 1 saturated carbocycles. The number of halogens is 1. The number of nitrogens with zero attached hydrogens (tertiary/aromatic N) is 4. The lowest BCUT2D eigenvalue weighted by molar-refractivity contribution is -0.161. The highest BCUT2D eigenvalue weighted by molar-refractivity contribution is 6.29. The Balaban J connectivity index is 1.64. The van der Waals surface area contributed by atoms with Gasteiger partial charge in [-0.15, -0.1) is 10.2 Å². The number of anilines is 1. The predicted molar refractivity (Wildman–Crippen MR) is 95.7 cm³/mol. The van der Waals surface area contributed by atoms with Crippen LogP contribution in [-0.4, -0.2) is 37.4 Å². The molecule has 136 valence electrons. The van der Waals surface area contributed by atoms with Gasteiger partial charge in [-0.25, -0.2) is 0 Å². The maximum Gasteiger partial charge on any atom is 0.309 e. The summed E-state index contributed by atoms with van der Waals surface area (Å²) in [4.78, 5) is 12.2. The third kappa shape index (κ3) is 4.21. The van der Waals surface area contributed by atoms with E-state index in [2.05, 4.69) is 20.6 Å². The molecule has 0 bridgehead atoms. The second-order valence-electron chi connectivity index (χ2n) is 7.59. The van der Waals surface area contributed by atoms with Crippen molar-refractivity contribution >= 4 is 28.9 Å². The second kappa shape index (κ2) is 6.78. The lowest BCUT2D eigenvalue weighted by atomic mass is 9.86. The van der Waals surface area contributed by atoms with Crippen molar-refractivity contribution in [1.82, 2.24) is 19.8 Å². The molecule has 8 heteroatoms. The predicted octanol–water partition coefficient (Wildman–Crippen LogP) is 3.40. The molecule has 0 atom stereocenters. The average Bonchev–Trinajstić information content (AvgIpc) is 2.88. The van der Waals surface area contributed by atoms with E-state index in [1.165, 1.54) is 0 Å². The third-order valence-corrected chi connectivity index (χ3v) is 4.51. The van der Waals surface area contributed by atoms with Crippen molar-refractivity contribution in [3.63, 3.8) is 0 Å². The molecule has 2 heterocycles. The van der Waals surface area contributed by atoms with Crippen molar-refractivity contribution < 1.29 is 9.53 Å². The summed E-state index contributed by atoms with van der Waals surface area (Å²) < 4.78 is 7.14. The van der Waals surface area contributed by atoms with Crippen LogP contribution in [0.15, 0.2) is 6.07 Å². The van der Waals surface area contributed by atoms with Gasteiger partial charge in [0.2, 0.25) is 5.65 Å². The molecule has 0 amide bonds. The quantitative estimate of drug-likeness (QED) is 0.839. The van der Waals surface area contributed by atoms with Gasteiger partial charge in [-0.3, -0.25) is 4.79 Å². The van der Waals surface area contributed by atoms with Gasteiger partial charge >= 0.3 is 5.97 Å². The van der Waals surface area contributed by atoms with Crippen LogP contribution in [0.3, 0.4) is 0 Å². The van der Waals surface area contributed by atoms with E-state index >= 15 is 0 Å². The first-order valence-electron chi connectivity index (χ1n) is 8.61. The van der Waals surface area contributed by atoms with Gasteiger partial charge in [0.05, 0.1) is 11.6 Å². The minimum atomic E-state index is -0.433. The van der Waals surface area contributed by atoms with Crippen LogP contribution in [0.2, 0.25) is 5.15 Å². The molecule has 3 rings (SSSR count). The van der Waals surface area contributed by atoms with E-state index in [-0.39, 0.29) is 17.9 Å². The molecule has 1 N–H and O–H groups in total. The number of hydrogen-bond acceptors (Lipinski definition) is 6. The highest BCUT2D eigenvalue weighted by Crippen LogP contribution is 2.30. The van der Waals surface area contributed by atoms with Gasteiger partial charge in [0.1, 0.15) is 5.60 Å². The molecule has 7 nitrogen and oxygen atoms in total. The molecular formula is C17H24ClN5O2. The normalized spacial score (nSPS) is 21.3. The van der Waals surface area contributed by atoms with E-state index in [4.69, 9.17) is 16.3 Å². The second-order valence-corrected chi connectivity index (χ2v) is 7.98. The lowest BCUT2D eigenvalue weighted by Crippen LogP contribution is -2.34. The van der Waals surface area contributed by atoms with E-state index in [9.17, 15) is 4.79 Å². The Hall–Kier alpha value is -1.89. The van der Waals surface area contributed by atoms with E-state index in [1.807, 2.05) is 27.7 Å². The fourth-order valence-electron chi connectivity index (χ4n) is 3.14. The Morgan fingerprint density at radius 2 is 1.96 bits per heavy atom. The molecule has 0 aliphatic heterocycles. The van der Waals surface area contributed by atoms with E-state index in [0.29, 0.717) is 16.6 Å². The lowest BCUT2D eigenvalue weighted by Gasteiger charge is -2.30. The van der Waals surface area contributed by atoms with Gasteiger partial charge in [0.15, 0.2) is 11.0 Å². The molecule has 0 saturated heterocycles. The molecule has 25 heavy (non-hydrogen) atoms. The first-order chi connectivity index (χ1) is 11.7. The number of aromatic nitrogens is 4. The molecule has 0 aromatic carbocycles. The summed E-state index contributed by atoms with van der Waals surface area (Å²) in [5.41, 5.74) is 1.05. The van der Waals surface area contributed by atoms with Gasteiger partial charge in [0, 0.05) is 12.1 Å². The Kier molecular flexibility index (Phi) is 4.86. The summed E-state index contributed by atoms with van der Waals surface area (Å²) in [7, 11) is 0. The van der Waals surface area contributed by atoms with Crippen molar-refractivity contribution in [2.24, 2.45) is 5.92 Å². The van der Waals surface area contributed by atoms with Gasteiger partial charge in [-0.1, -0.05) is 11.6 Å². The minimum absolute atomic E-state index is 0.0198. The van der Waals surface area contributed by atoms with Crippen molar-refractivity contribution in [3.05, 3.63) is 17.0 Å². The van der Waals surface area contributed by atoms with Crippen LogP contribution in [0.5, 0.6) is 0 Å². The number of rotatable bonds is 3. The van der Waals surface area contributed by atoms with Crippen molar-refractivity contribution in [1.29, 1.82) is 0 Å². The number of carbonyl (C=O) groups excluding carboxylic acids is 1. The largest absolute Gasteiger partial charge is 0.460 e. The summed E-state index contributed by atoms with van der Waals surface area (Å²) in [6.45, 7) is 7.53. The summed E-state index contributed by atoms with van der Waals surface area (Å²) in [6, 6.07) is 2.03. The zero-order chi connectivity index (χ0) is 18.2. The maximum absolute atomic E-state index is 12.2. The summed E-state index contributed by atoms with van der Waals surface area (Å²) in [5, 5.41) is 16.3. The number of carbonyl (C=O) groups is 1. The van der Waals surface area contributed by atoms with Crippen LogP contribution in [0.1, 0.15) is 52.3 Å². The zero-order valence-electron chi connectivity index (χ0n) is 15.0. The topological polar surface area (TPSA) is 81.4 Å². The van der Waals surface area contributed by atoms with Gasteiger partial charge < -0.3 is 10.1 Å². The first kappa shape index (κ1) is 17.9. The number of aryl methyl sites for hydroxylation is 1. The molecule has 1 aliphatic rings. The SMILES string of the molecule is Cc1nnc2c(NC3CCC(C(=O)OC(C)(C)C)CC3)cc(Cl)nn12. The van der Waals surface area contributed by atoms with Gasteiger partial charge in [-0.2, -0.15) is 9.61 Å². The summed E-state index contributed by atoms with van der Waals surface area (Å²) in [5.74, 6) is 0.580. The Labute approximate surface area is 152 Å². The number of hydrogen-bond donors (Lipinski definition) is 1. The minimum Gasteiger partial charge on any atom is -0.460 e. The van der Waals surface area contributed by atoms with Crippen LogP contribution in [0.4, 0.5) is 5.69 Å². The van der Waals surface area contributed by atoms with Crippen molar-refractivity contribution in [2.45, 2.75) is 65.0 Å². The van der Waals surface area contributed by atoms with Crippen molar-refractivity contribution in [3.8, 4) is 0 Å². The maximum atomic E-state index is 12.2. The van der Waals surface area contributed by atoms with Crippen LogP contribution >= 0.6 is 11.6 Å². The van der Waals surface area contributed by atoms with Crippen LogP contribution in [-0.2, 0) is 9.53 Å².